The highest BCUT2D eigenvalue weighted by molar-refractivity contribution is 7.99. The number of carboxylic acids is 1. The van der Waals surface area contributed by atoms with Gasteiger partial charge in [-0.25, -0.2) is 0 Å². The van der Waals surface area contributed by atoms with Crippen molar-refractivity contribution in [1.82, 2.24) is 4.90 Å². The van der Waals surface area contributed by atoms with E-state index in [1.165, 1.54) is 0 Å². The predicted octanol–water partition coefficient (Wildman–Crippen LogP) is 2.01. The molecular formula is C16H21NO4S. The minimum Gasteiger partial charge on any atom is -0.481 e. The smallest absolute Gasteiger partial charge is 0.305 e. The second-order valence-corrected chi connectivity index (χ2v) is 6.35. The normalized spacial score (nSPS) is 18.2. The molecule has 1 aromatic rings. The average Bonchev–Trinajstić information content (AvgIpc) is 2.52. The second-order valence-electron chi connectivity index (χ2n) is 5.20. The number of rotatable bonds is 7. The number of carboxylic acid groups (broad SMARTS) is 1. The van der Waals surface area contributed by atoms with E-state index in [0.29, 0.717) is 31.9 Å². The van der Waals surface area contributed by atoms with E-state index in [1.54, 1.807) is 16.7 Å². The van der Waals surface area contributed by atoms with Gasteiger partial charge in [-0.3, -0.25) is 9.59 Å². The molecule has 5 nitrogen and oxygen atoms in total. The molecule has 1 amide bonds. The molecule has 0 radical (unpaired) electrons. The summed E-state index contributed by atoms with van der Waals surface area (Å²) in [7, 11) is 0. The van der Waals surface area contributed by atoms with E-state index in [9.17, 15) is 9.59 Å². The first kappa shape index (κ1) is 16.8. The van der Waals surface area contributed by atoms with Crippen LogP contribution in [0.5, 0.6) is 0 Å². The second kappa shape index (κ2) is 8.80. The van der Waals surface area contributed by atoms with Crippen molar-refractivity contribution in [2.75, 3.05) is 24.7 Å². The monoisotopic (exact) mass is 323 g/mol. The van der Waals surface area contributed by atoms with E-state index < -0.39 is 5.97 Å². The Kier molecular flexibility index (Phi) is 6.74. The molecule has 0 aliphatic carbocycles. The molecule has 120 valence electrons. The Bertz CT molecular complexity index is 494. The number of carbonyl (C=O) groups excluding carboxylic acids is 1. The van der Waals surface area contributed by atoms with Gasteiger partial charge in [0.25, 0.3) is 0 Å². The zero-order chi connectivity index (χ0) is 15.8. The highest BCUT2D eigenvalue weighted by atomic mass is 32.2. The molecule has 1 aliphatic rings. The molecular weight excluding hydrogens is 302 g/mol. The SMILES string of the molecule is O=C(O)CC1CSCCN1C(=O)CCOCc1ccccc1. The van der Waals surface area contributed by atoms with Crippen LogP contribution in [-0.2, 0) is 20.9 Å². The van der Waals surface area contributed by atoms with E-state index >= 15 is 0 Å². The van der Waals surface area contributed by atoms with Crippen LogP contribution >= 0.6 is 11.8 Å². The van der Waals surface area contributed by atoms with Crippen molar-refractivity contribution in [3.8, 4) is 0 Å². The van der Waals surface area contributed by atoms with Gasteiger partial charge in [0, 0.05) is 18.1 Å². The van der Waals surface area contributed by atoms with Crippen LogP contribution in [0.1, 0.15) is 18.4 Å². The van der Waals surface area contributed by atoms with Crippen molar-refractivity contribution in [2.45, 2.75) is 25.5 Å². The minimum absolute atomic E-state index is 0.0142. The maximum absolute atomic E-state index is 12.2. The molecule has 1 aromatic carbocycles. The molecule has 1 N–H and O–H groups in total. The summed E-state index contributed by atoms with van der Waals surface area (Å²) in [5.74, 6) is 0.695. The summed E-state index contributed by atoms with van der Waals surface area (Å²) in [5.41, 5.74) is 1.08. The van der Waals surface area contributed by atoms with Crippen molar-refractivity contribution in [3.05, 3.63) is 35.9 Å². The van der Waals surface area contributed by atoms with Gasteiger partial charge in [-0.2, -0.15) is 11.8 Å². The molecule has 0 bridgehead atoms. The van der Waals surface area contributed by atoms with E-state index in [2.05, 4.69) is 0 Å². The quantitative estimate of drug-likeness (QED) is 0.778. The molecule has 6 heteroatoms. The molecule has 1 unspecified atom stereocenters. The third-order valence-electron chi connectivity index (χ3n) is 3.53. The van der Waals surface area contributed by atoms with Gasteiger partial charge in [0.2, 0.25) is 5.91 Å². The van der Waals surface area contributed by atoms with Crippen LogP contribution in [0.25, 0.3) is 0 Å². The van der Waals surface area contributed by atoms with Crippen molar-refractivity contribution in [3.63, 3.8) is 0 Å². The van der Waals surface area contributed by atoms with E-state index in [0.717, 1.165) is 11.3 Å². The zero-order valence-electron chi connectivity index (χ0n) is 12.4. The summed E-state index contributed by atoms with van der Waals surface area (Å²) in [6.07, 6.45) is 0.317. The Morgan fingerprint density at radius 1 is 1.32 bits per heavy atom. The van der Waals surface area contributed by atoms with Gasteiger partial charge in [-0.15, -0.1) is 0 Å². The lowest BCUT2D eigenvalue weighted by Crippen LogP contribution is -2.47. The zero-order valence-corrected chi connectivity index (χ0v) is 13.3. The van der Waals surface area contributed by atoms with E-state index in [4.69, 9.17) is 9.84 Å². The summed E-state index contributed by atoms with van der Waals surface area (Å²) >= 11 is 1.70. The lowest BCUT2D eigenvalue weighted by molar-refractivity contribution is -0.140. The Hall–Kier alpha value is -1.53. The standard InChI is InChI=1S/C16H21NO4S/c18-15(6-8-21-11-13-4-2-1-3-5-13)17-7-9-22-12-14(17)10-16(19)20/h1-5,14H,6-12H2,(H,19,20). The first-order valence-electron chi connectivity index (χ1n) is 7.37. The number of ether oxygens (including phenoxy) is 1. The topological polar surface area (TPSA) is 66.8 Å². The fraction of sp³-hybridized carbons (Fsp3) is 0.500. The number of benzene rings is 1. The Morgan fingerprint density at radius 2 is 2.09 bits per heavy atom. The summed E-state index contributed by atoms with van der Waals surface area (Å²) in [5, 5.41) is 8.93. The summed E-state index contributed by atoms with van der Waals surface area (Å²) in [6.45, 7) is 1.47. The van der Waals surface area contributed by atoms with Gasteiger partial charge < -0.3 is 14.7 Å². The summed E-state index contributed by atoms with van der Waals surface area (Å²) < 4.78 is 5.53. The number of aliphatic carboxylic acids is 1. The van der Waals surface area contributed by atoms with Gasteiger partial charge in [-0.1, -0.05) is 30.3 Å². The number of amides is 1. The third kappa shape index (κ3) is 5.35. The highest BCUT2D eigenvalue weighted by Gasteiger charge is 2.28. The fourth-order valence-electron chi connectivity index (χ4n) is 2.42. The van der Waals surface area contributed by atoms with Crippen LogP contribution in [-0.4, -0.2) is 52.6 Å². The van der Waals surface area contributed by atoms with Gasteiger partial charge in [0.15, 0.2) is 0 Å². The van der Waals surface area contributed by atoms with Gasteiger partial charge >= 0.3 is 5.97 Å². The molecule has 1 atom stereocenters. The van der Waals surface area contributed by atoms with Crippen LogP contribution < -0.4 is 0 Å². The lowest BCUT2D eigenvalue weighted by Gasteiger charge is -2.34. The number of nitrogens with zero attached hydrogens (tertiary/aromatic N) is 1. The minimum atomic E-state index is -0.856. The maximum atomic E-state index is 12.2. The van der Waals surface area contributed by atoms with Gasteiger partial charge in [0.05, 0.1) is 32.1 Å². The average molecular weight is 323 g/mol. The van der Waals surface area contributed by atoms with Crippen LogP contribution in [0.15, 0.2) is 30.3 Å². The van der Waals surface area contributed by atoms with Crippen LogP contribution in [0.3, 0.4) is 0 Å². The number of carbonyl (C=O) groups is 2. The molecule has 1 saturated heterocycles. The van der Waals surface area contributed by atoms with Crippen molar-refractivity contribution >= 4 is 23.6 Å². The van der Waals surface area contributed by atoms with Gasteiger partial charge in [0.1, 0.15) is 0 Å². The van der Waals surface area contributed by atoms with Crippen LogP contribution in [0.2, 0.25) is 0 Å². The molecule has 1 aliphatic heterocycles. The first-order valence-corrected chi connectivity index (χ1v) is 8.53. The Labute approximate surface area is 134 Å². The van der Waals surface area contributed by atoms with E-state index in [-0.39, 0.29) is 18.4 Å². The van der Waals surface area contributed by atoms with E-state index in [1.807, 2.05) is 30.3 Å². The number of hydrogen-bond acceptors (Lipinski definition) is 4. The summed E-state index contributed by atoms with van der Waals surface area (Å²) in [4.78, 5) is 24.8. The molecule has 22 heavy (non-hydrogen) atoms. The Morgan fingerprint density at radius 3 is 2.82 bits per heavy atom. The van der Waals surface area contributed by atoms with Gasteiger partial charge in [-0.05, 0) is 5.56 Å². The largest absolute Gasteiger partial charge is 0.481 e. The molecule has 1 heterocycles. The lowest BCUT2D eigenvalue weighted by atomic mass is 10.2. The molecule has 2 rings (SSSR count). The molecule has 0 aromatic heterocycles. The van der Waals surface area contributed by atoms with Crippen molar-refractivity contribution in [2.24, 2.45) is 0 Å². The maximum Gasteiger partial charge on any atom is 0.305 e. The molecule has 0 spiro atoms. The fourth-order valence-corrected chi connectivity index (χ4v) is 3.48. The first-order chi connectivity index (χ1) is 10.7. The number of thioether (sulfide) groups is 1. The Balaban J connectivity index is 1.74. The number of hydrogen-bond donors (Lipinski definition) is 1. The van der Waals surface area contributed by atoms with Crippen LogP contribution in [0.4, 0.5) is 0 Å². The highest BCUT2D eigenvalue weighted by Crippen LogP contribution is 2.20. The summed E-state index contributed by atoms with van der Waals surface area (Å²) in [6, 6.07) is 9.61. The predicted molar refractivity (Wildman–Crippen MR) is 85.8 cm³/mol. The van der Waals surface area contributed by atoms with Crippen molar-refractivity contribution in [1.29, 1.82) is 0 Å². The molecule has 0 saturated carbocycles. The van der Waals surface area contributed by atoms with Crippen LogP contribution in [0, 0.1) is 0 Å². The molecule has 1 fully saturated rings. The van der Waals surface area contributed by atoms with Crippen molar-refractivity contribution < 1.29 is 19.4 Å². The third-order valence-corrected chi connectivity index (χ3v) is 4.62.